The number of aliphatic carboxylic acids is 1. The third-order valence-corrected chi connectivity index (χ3v) is 5.40. The van der Waals surface area contributed by atoms with Crippen molar-refractivity contribution < 1.29 is 27.9 Å². The summed E-state index contributed by atoms with van der Waals surface area (Å²) in [5.74, 6) is -1.85. The standard InChI is InChI=1S/C19H19N5O.C2HF3O2/c1-13-5-6-18(22-21-13)23-9-7-17-16(23)8-10-24(17)19(25)15-4-2-3-14(11-15)12-20;3-2(4,5)1(6)7/h2-6,11,16-17H,7-10H2,1H3;(H,6,7)/t16-,17+;/m0./s1. The summed E-state index contributed by atoms with van der Waals surface area (Å²) in [7, 11) is 0. The number of benzene rings is 1. The Hall–Kier alpha value is -3.68. The van der Waals surface area contributed by atoms with Gasteiger partial charge in [-0.1, -0.05) is 6.07 Å². The average Bonchev–Trinajstić information content (AvgIpc) is 3.36. The number of fused-ring (bicyclic) bond motifs is 1. The molecule has 1 aromatic heterocycles. The molecule has 2 saturated heterocycles. The van der Waals surface area contributed by atoms with Crippen LogP contribution in [-0.4, -0.2) is 63.4 Å². The average molecular weight is 447 g/mol. The molecule has 0 unspecified atom stereocenters. The van der Waals surface area contributed by atoms with Crippen LogP contribution in [0.25, 0.3) is 0 Å². The Kier molecular flexibility index (Phi) is 6.62. The van der Waals surface area contributed by atoms with E-state index in [0.717, 1.165) is 37.4 Å². The second kappa shape index (κ2) is 9.21. The highest BCUT2D eigenvalue weighted by Gasteiger charge is 2.45. The van der Waals surface area contributed by atoms with Crippen LogP contribution in [0.2, 0.25) is 0 Å². The quantitative estimate of drug-likeness (QED) is 0.754. The predicted molar refractivity (Wildman–Crippen MR) is 107 cm³/mol. The topological polar surface area (TPSA) is 110 Å². The number of anilines is 1. The van der Waals surface area contributed by atoms with Crippen molar-refractivity contribution in [2.75, 3.05) is 18.0 Å². The van der Waals surface area contributed by atoms with Crippen LogP contribution >= 0.6 is 0 Å². The summed E-state index contributed by atoms with van der Waals surface area (Å²) in [6.45, 7) is 3.55. The number of carboxylic acid groups (broad SMARTS) is 1. The van der Waals surface area contributed by atoms with Crippen LogP contribution in [0.4, 0.5) is 19.0 Å². The zero-order chi connectivity index (χ0) is 23.5. The first kappa shape index (κ1) is 23.0. The Morgan fingerprint density at radius 3 is 2.41 bits per heavy atom. The fraction of sp³-hybridized carbons (Fsp3) is 0.381. The molecule has 2 atom stereocenters. The van der Waals surface area contributed by atoms with Gasteiger partial charge in [-0.15, -0.1) is 5.10 Å². The van der Waals surface area contributed by atoms with Gasteiger partial charge in [0.25, 0.3) is 5.91 Å². The number of carbonyl (C=O) groups excluding carboxylic acids is 1. The van der Waals surface area contributed by atoms with E-state index in [1.165, 1.54) is 0 Å². The fourth-order valence-corrected chi connectivity index (χ4v) is 3.96. The van der Waals surface area contributed by atoms with Gasteiger partial charge in [0.2, 0.25) is 0 Å². The third kappa shape index (κ3) is 4.96. The minimum atomic E-state index is -5.08. The van der Waals surface area contributed by atoms with Gasteiger partial charge >= 0.3 is 12.1 Å². The van der Waals surface area contributed by atoms with Crippen LogP contribution in [0.3, 0.4) is 0 Å². The Balaban J connectivity index is 0.000000360. The van der Waals surface area contributed by atoms with E-state index in [1.54, 1.807) is 24.3 Å². The van der Waals surface area contributed by atoms with Crippen molar-refractivity contribution >= 4 is 17.7 Å². The van der Waals surface area contributed by atoms with E-state index in [1.807, 2.05) is 24.0 Å². The van der Waals surface area contributed by atoms with Crippen molar-refractivity contribution in [3.63, 3.8) is 0 Å². The number of nitriles is 1. The highest BCUT2D eigenvalue weighted by atomic mass is 19.4. The summed E-state index contributed by atoms with van der Waals surface area (Å²) in [5.41, 5.74) is 2.01. The minimum Gasteiger partial charge on any atom is -0.475 e. The van der Waals surface area contributed by atoms with Crippen molar-refractivity contribution in [3.8, 4) is 6.07 Å². The summed E-state index contributed by atoms with van der Waals surface area (Å²) >= 11 is 0. The lowest BCUT2D eigenvalue weighted by atomic mass is 10.1. The molecular weight excluding hydrogens is 427 g/mol. The number of hydrogen-bond donors (Lipinski definition) is 1. The molecule has 2 aliphatic heterocycles. The molecule has 1 amide bonds. The molecule has 0 aliphatic carbocycles. The number of halogens is 3. The third-order valence-electron chi connectivity index (χ3n) is 5.40. The van der Waals surface area contributed by atoms with E-state index in [4.69, 9.17) is 15.2 Å². The first-order valence-electron chi connectivity index (χ1n) is 9.80. The van der Waals surface area contributed by atoms with Crippen LogP contribution in [0.1, 0.15) is 34.5 Å². The van der Waals surface area contributed by atoms with Crippen LogP contribution in [0.5, 0.6) is 0 Å². The van der Waals surface area contributed by atoms with E-state index in [9.17, 15) is 18.0 Å². The summed E-state index contributed by atoms with van der Waals surface area (Å²) < 4.78 is 31.7. The number of carboxylic acids is 1. The molecule has 0 radical (unpaired) electrons. The Morgan fingerprint density at radius 1 is 1.12 bits per heavy atom. The van der Waals surface area contributed by atoms with Gasteiger partial charge in [0, 0.05) is 18.7 Å². The molecule has 0 spiro atoms. The number of aromatic nitrogens is 2. The first-order chi connectivity index (χ1) is 15.1. The number of carbonyl (C=O) groups is 2. The molecule has 0 saturated carbocycles. The highest BCUT2D eigenvalue weighted by molar-refractivity contribution is 5.95. The number of amides is 1. The SMILES string of the molecule is Cc1ccc(N2CC[C@@H]3[C@@H]2CCN3C(=O)c2cccc(C#N)c2)nn1.O=C(O)C(F)(F)F. The molecule has 2 aromatic rings. The monoisotopic (exact) mass is 447 g/mol. The maximum atomic E-state index is 12.9. The van der Waals surface area contributed by atoms with Crippen LogP contribution < -0.4 is 4.90 Å². The van der Waals surface area contributed by atoms with E-state index in [-0.39, 0.29) is 11.9 Å². The van der Waals surface area contributed by atoms with E-state index in [0.29, 0.717) is 17.2 Å². The maximum absolute atomic E-state index is 12.9. The van der Waals surface area contributed by atoms with Gasteiger partial charge in [-0.05, 0) is 50.1 Å². The van der Waals surface area contributed by atoms with Gasteiger partial charge in [-0.3, -0.25) is 4.79 Å². The van der Waals surface area contributed by atoms with Gasteiger partial charge < -0.3 is 14.9 Å². The minimum absolute atomic E-state index is 0.0152. The Morgan fingerprint density at radius 2 is 1.81 bits per heavy atom. The number of nitrogens with zero attached hydrogens (tertiary/aromatic N) is 5. The normalized spacial score (nSPS) is 19.6. The molecule has 32 heavy (non-hydrogen) atoms. The van der Waals surface area contributed by atoms with Crippen LogP contribution in [0.15, 0.2) is 36.4 Å². The lowest BCUT2D eigenvalue weighted by Gasteiger charge is -2.26. The molecular formula is C21H20F3N5O3. The molecule has 4 rings (SSSR count). The molecule has 8 nitrogen and oxygen atoms in total. The second-order valence-corrected chi connectivity index (χ2v) is 7.43. The van der Waals surface area contributed by atoms with Gasteiger partial charge in [0.1, 0.15) is 0 Å². The highest BCUT2D eigenvalue weighted by Crippen LogP contribution is 2.35. The van der Waals surface area contributed by atoms with E-state index >= 15 is 0 Å². The molecule has 2 fully saturated rings. The number of rotatable bonds is 2. The zero-order valence-corrected chi connectivity index (χ0v) is 17.1. The van der Waals surface area contributed by atoms with Crippen molar-refractivity contribution in [2.24, 2.45) is 0 Å². The smallest absolute Gasteiger partial charge is 0.475 e. The van der Waals surface area contributed by atoms with Crippen molar-refractivity contribution in [3.05, 3.63) is 53.2 Å². The second-order valence-electron chi connectivity index (χ2n) is 7.43. The zero-order valence-electron chi connectivity index (χ0n) is 17.1. The van der Waals surface area contributed by atoms with Gasteiger partial charge in [-0.2, -0.15) is 23.5 Å². The molecule has 168 valence electrons. The van der Waals surface area contributed by atoms with Crippen LogP contribution in [-0.2, 0) is 4.79 Å². The number of alkyl halides is 3. The maximum Gasteiger partial charge on any atom is 0.490 e. The number of hydrogen-bond acceptors (Lipinski definition) is 6. The predicted octanol–water partition coefficient (Wildman–Crippen LogP) is 2.78. The number of aryl methyl sites for hydroxylation is 1. The lowest BCUT2D eigenvalue weighted by molar-refractivity contribution is -0.192. The number of likely N-dealkylation sites (tertiary alicyclic amines) is 1. The largest absolute Gasteiger partial charge is 0.490 e. The van der Waals surface area contributed by atoms with Crippen molar-refractivity contribution in [1.29, 1.82) is 5.26 Å². The Bertz CT molecular complexity index is 1040. The summed E-state index contributed by atoms with van der Waals surface area (Å²) in [6, 6.07) is 13.5. The van der Waals surface area contributed by atoms with Crippen LogP contribution in [0, 0.1) is 18.3 Å². The molecule has 1 aromatic carbocycles. The summed E-state index contributed by atoms with van der Waals surface area (Å²) in [4.78, 5) is 26.0. The Labute approximate surface area is 181 Å². The molecule has 2 aliphatic rings. The molecule has 3 heterocycles. The van der Waals surface area contributed by atoms with Crippen molar-refractivity contribution in [2.45, 2.75) is 38.0 Å². The van der Waals surface area contributed by atoms with E-state index in [2.05, 4.69) is 21.2 Å². The summed E-state index contributed by atoms with van der Waals surface area (Å²) in [6.07, 6.45) is -3.21. The molecule has 1 N–H and O–H groups in total. The molecule has 11 heteroatoms. The van der Waals surface area contributed by atoms with E-state index < -0.39 is 12.1 Å². The molecule has 0 bridgehead atoms. The van der Waals surface area contributed by atoms with Crippen molar-refractivity contribution in [1.82, 2.24) is 15.1 Å². The first-order valence-corrected chi connectivity index (χ1v) is 9.80. The van der Waals surface area contributed by atoms with Gasteiger partial charge in [-0.25, -0.2) is 4.79 Å². The van der Waals surface area contributed by atoms with Gasteiger partial charge in [0.05, 0.1) is 29.4 Å². The lowest BCUT2D eigenvalue weighted by Crippen LogP contribution is -2.40. The summed E-state index contributed by atoms with van der Waals surface area (Å²) in [5, 5.41) is 24.6. The van der Waals surface area contributed by atoms with Gasteiger partial charge in [0.15, 0.2) is 5.82 Å². The fourth-order valence-electron chi connectivity index (χ4n) is 3.96.